The van der Waals surface area contributed by atoms with Gasteiger partial charge in [-0.2, -0.15) is 13.2 Å². The molecule has 3 nitrogen and oxygen atoms in total. The highest BCUT2D eigenvalue weighted by molar-refractivity contribution is 5.80. The summed E-state index contributed by atoms with van der Waals surface area (Å²) in [7, 11) is 0. The van der Waals surface area contributed by atoms with E-state index in [-0.39, 0.29) is 0 Å². The molecule has 0 saturated heterocycles. The number of rotatable bonds is 2. The van der Waals surface area contributed by atoms with Crippen LogP contribution in [-0.2, 0) is 4.79 Å². The molecule has 90 valence electrons. The molecule has 0 bridgehead atoms. The fourth-order valence-electron chi connectivity index (χ4n) is 1.60. The van der Waals surface area contributed by atoms with Crippen LogP contribution in [0.5, 0.6) is 0 Å². The summed E-state index contributed by atoms with van der Waals surface area (Å²) in [4.78, 5) is 11.0. The lowest BCUT2D eigenvalue weighted by Crippen LogP contribution is -2.59. The van der Waals surface area contributed by atoms with Crippen LogP contribution >= 0.6 is 0 Å². The molecule has 0 saturated carbocycles. The van der Waals surface area contributed by atoms with E-state index in [1.807, 2.05) is 0 Å². The summed E-state index contributed by atoms with van der Waals surface area (Å²) in [5, 5.41) is 18.4. The number of carboxylic acids is 1. The van der Waals surface area contributed by atoms with Crippen LogP contribution in [0.3, 0.4) is 0 Å². The van der Waals surface area contributed by atoms with E-state index in [1.54, 1.807) is 0 Å². The van der Waals surface area contributed by atoms with Gasteiger partial charge in [0.1, 0.15) is 5.41 Å². The van der Waals surface area contributed by atoms with Gasteiger partial charge < -0.3 is 10.2 Å². The van der Waals surface area contributed by atoms with Crippen molar-refractivity contribution >= 4 is 5.97 Å². The minimum Gasteiger partial charge on any atom is -0.480 e. The van der Waals surface area contributed by atoms with E-state index in [4.69, 9.17) is 5.11 Å². The summed E-state index contributed by atoms with van der Waals surface area (Å²) >= 11 is 0. The second-order valence-electron chi connectivity index (χ2n) is 3.84. The maximum Gasteiger partial charge on any atom is 0.418 e. The van der Waals surface area contributed by atoms with Crippen LogP contribution in [0, 0.1) is 5.41 Å². The minimum absolute atomic E-state index is 0.397. The number of carboxylic acid groups (broad SMARTS) is 1. The van der Waals surface area contributed by atoms with E-state index in [9.17, 15) is 23.1 Å². The van der Waals surface area contributed by atoms with Crippen molar-refractivity contribution in [3.05, 3.63) is 24.3 Å². The number of halogens is 3. The number of allylic oxidation sites excluding steroid dienone is 3. The summed E-state index contributed by atoms with van der Waals surface area (Å²) in [6.07, 6.45) is -0.616. The molecule has 0 spiro atoms. The molecule has 6 heteroatoms. The Kier molecular flexibility index (Phi) is 2.89. The number of hydrogen-bond donors (Lipinski definition) is 2. The van der Waals surface area contributed by atoms with Crippen LogP contribution in [0.25, 0.3) is 0 Å². The quantitative estimate of drug-likeness (QED) is 0.769. The molecule has 1 aliphatic carbocycles. The molecule has 16 heavy (non-hydrogen) atoms. The van der Waals surface area contributed by atoms with Gasteiger partial charge in [0, 0.05) is 0 Å². The molecule has 2 N–H and O–H groups in total. The summed E-state index contributed by atoms with van der Waals surface area (Å²) < 4.78 is 38.0. The average molecular weight is 236 g/mol. The monoisotopic (exact) mass is 236 g/mol. The molecule has 0 aromatic rings. The maximum atomic E-state index is 12.7. The highest BCUT2D eigenvalue weighted by Gasteiger charge is 2.65. The number of aliphatic carboxylic acids is 1. The first-order valence-electron chi connectivity index (χ1n) is 4.52. The van der Waals surface area contributed by atoms with E-state index in [2.05, 4.69) is 0 Å². The van der Waals surface area contributed by atoms with Crippen LogP contribution in [0.2, 0.25) is 0 Å². The second-order valence-corrected chi connectivity index (χ2v) is 3.84. The Labute approximate surface area is 89.9 Å². The molecule has 0 aromatic carbocycles. The third-order valence-electron chi connectivity index (χ3n) is 2.87. The first kappa shape index (κ1) is 12.8. The lowest BCUT2D eigenvalue weighted by Gasteiger charge is -2.41. The molecule has 0 fully saturated rings. The van der Waals surface area contributed by atoms with Crippen molar-refractivity contribution in [2.75, 3.05) is 0 Å². The standard InChI is InChI=1S/C10H11F3O3/c1-8(16,10(11,12)13)9(7(14)15)5-3-2-4-6-9/h2-5,16H,6H2,1H3,(H,14,15). The molecule has 1 aliphatic rings. The summed E-state index contributed by atoms with van der Waals surface area (Å²) in [6, 6.07) is 0. The number of aliphatic hydroxyl groups is 1. The molecule has 2 unspecified atom stereocenters. The van der Waals surface area contributed by atoms with Gasteiger partial charge in [0.15, 0.2) is 5.60 Å². The predicted octanol–water partition coefficient (Wildman–Crippen LogP) is 1.89. The van der Waals surface area contributed by atoms with Gasteiger partial charge in [-0.05, 0) is 13.3 Å². The van der Waals surface area contributed by atoms with Crippen molar-refractivity contribution in [2.24, 2.45) is 5.41 Å². The fraction of sp³-hybridized carbons (Fsp3) is 0.500. The summed E-state index contributed by atoms with van der Waals surface area (Å²) in [5.41, 5.74) is -5.67. The number of hydrogen-bond acceptors (Lipinski definition) is 2. The number of alkyl halides is 3. The lowest BCUT2D eigenvalue weighted by atomic mass is 9.68. The Hall–Kier alpha value is -1.30. The van der Waals surface area contributed by atoms with Crippen molar-refractivity contribution in [1.29, 1.82) is 0 Å². The predicted molar refractivity (Wildman–Crippen MR) is 49.6 cm³/mol. The van der Waals surface area contributed by atoms with Gasteiger partial charge in [-0.15, -0.1) is 0 Å². The topological polar surface area (TPSA) is 57.5 Å². The van der Waals surface area contributed by atoms with E-state index in [1.165, 1.54) is 18.2 Å². The largest absolute Gasteiger partial charge is 0.480 e. The van der Waals surface area contributed by atoms with Crippen molar-refractivity contribution in [3.63, 3.8) is 0 Å². The molecule has 2 atom stereocenters. The first-order valence-corrected chi connectivity index (χ1v) is 4.52. The molecule has 0 amide bonds. The highest BCUT2D eigenvalue weighted by atomic mass is 19.4. The zero-order valence-electron chi connectivity index (χ0n) is 8.45. The number of carbonyl (C=O) groups is 1. The Bertz CT molecular complexity index is 355. The molecular weight excluding hydrogens is 225 g/mol. The van der Waals surface area contributed by atoms with Gasteiger partial charge in [-0.3, -0.25) is 4.79 Å². The van der Waals surface area contributed by atoms with Gasteiger partial charge >= 0.3 is 12.1 Å². The third-order valence-corrected chi connectivity index (χ3v) is 2.87. The summed E-state index contributed by atoms with van der Waals surface area (Å²) in [6.45, 7) is 0.477. The fourth-order valence-corrected chi connectivity index (χ4v) is 1.60. The van der Waals surface area contributed by atoms with Crippen molar-refractivity contribution in [3.8, 4) is 0 Å². The van der Waals surface area contributed by atoms with E-state index in [0.717, 1.165) is 6.08 Å². The zero-order valence-corrected chi connectivity index (χ0v) is 8.45. The van der Waals surface area contributed by atoms with Gasteiger partial charge in [0.2, 0.25) is 0 Å². The molecule has 0 aliphatic heterocycles. The van der Waals surface area contributed by atoms with Gasteiger partial charge in [-0.1, -0.05) is 24.3 Å². The van der Waals surface area contributed by atoms with Crippen molar-refractivity contribution < 1.29 is 28.2 Å². The van der Waals surface area contributed by atoms with E-state index in [0.29, 0.717) is 6.92 Å². The van der Waals surface area contributed by atoms with Crippen LogP contribution in [0.4, 0.5) is 13.2 Å². The van der Waals surface area contributed by atoms with Crippen molar-refractivity contribution in [2.45, 2.75) is 25.1 Å². The van der Waals surface area contributed by atoms with Crippen LogP contribution in [0.1, 0.15) is 13.3 Å². The normalized spacial score (nSPS) is 28.8. The van der Waals surface area contributed by atoms with Crippen molar-refractivity contribution in [1.82, 2.24) is 0 Å². The zero-order chi connectivity index (χ0) is 12.6. The SMILES string of the molecule is CC(O)(C(F)(F)F)C1(C(=O)O)C=CC=CC1. The Balaban J connectivity index is 3.29. The van der Waals surface area contributed by atoms with E-state index < -0.39 is 29.6 Å². The van der Waals surface area contributed by atoms with Gasteiger partial charge in [0.05, 0.1) is 0 Å². The highest BCUT2D eigenvalue weighted by Crippen LogP contribution is 2.48. The van der Waals surface area contributed by atoms with Crippen LogP contribution < -0.4 is 0 Å². The molecule has 0 aromatic heterocycles. The Morgan fingerprint density at radius 1 is 1.38 bits per heavy atom. The smallest absolute Gasteiger partial charge is 0.418 e. The summed E-state index contributed by atoms with van der Waals surface area (Å²) in [5.74, 6) is -1.70. The van der Waals surface area contributed by atoms with Gasteiger partial charge in [0.25, 0.3) is 0 Å². The second kappa shape index (κ2) is 3.62. The first-order chi connectivity index (χ1) is 7.15. The molecular formula is C10H11F3O3. The molecule has 0 radical (unpaired) electrons. The average Bonchev–Trinajstić information content (AvgIpc) is 2.16. The minimum atomic E-state index is -5.01. The molecule has 0 heterocycles. The maximum absolute atomic E-state index is 12.7. The Morgan fingerprint density at radius 2 is 1.94 bits per heavy atom. The third kappa shape index (κ3) is 1.63. The Morgan fingerprint density at radius 3 is 2.25 bits per heavy atom. The lowest BCUT2D eigenvalue weighted by molar-refractivity contribution is -0.285. The molecule has 1 rings (SSSR count). The van der Waals surface area contributed by atoms with Crippen LogP contribution in [-0.4, -0.2) is 28.0 Å². The van der Waals surface area contributed by atoms with Gasteiger partial charge in [-0.25, -0.2) is 0 Å². The van der Waals surface area contributed by atoms with E-state index >= 15 is 0 Å². The van der Waals surface area contributed by atoms with Crippen LogP contribution in [0.15, 0.2) is 24.3 Å².